The zero-order valence-corrected chi connectivity index (χ0v) is 12.5. The fraction of sp³-hybridized carbons (Fsp3) is 0.714. The molecule has 19 heavy (non-hydrogen) atoms. The van der Waals surface area contributed by atoms with Gasteiger partial charge in [0.1, 0.15) is 16.8 Å². The summed E-state index contributed by atoms with van der Waals surface area (Å²) in [4.78, 5) is 8.84. The van der Waals surface area contributed by atoms with Crippen molar-refractivity contribution in [2.75, 3.05) is 11.9 Å². The van der Waals surface area contributed by atoms with Crippen LogP contribution in [0.1, 0.15) is 50.4 Å². The van der Waals surface area contributed by atoms with Crippen LogP contribution in [0.5, 0.6) is 0 Å². The maximum absolute atomic E-state index is 9.54. The molecule has 0 spiro atoms. The van der Waals surface area contributed by atoms with Crippen molar-refractivity contribution in [3.63, 3.8) is 0 Å². The topological polar surface area (TPSA) is 58.0 Å². The lowest BCUT2D eigenvalue weighted by Gasteiger charge is -2.15. The summed E-state index contributed by atoms with van der Waals surface area (Å²) in [5, 5.41) is 13.4. The molecule has 1 fully saturated rings. The van der Waals surface area contributed by atoms with Gasteiger partial charge in [-0.1, -0.05) is 25.4 Å². The average Bonchev–Trinajstić information content (AvgIpc) is 2.76. The van der Waals surface area contributed by atoms with Crippen molar-refractivity contribution in [1.82, 2.24) is 9.97 Å². The molecule has 2 unspecified atom stereocenters. The first-order valence-electron chi connectivity index (χ1n) is 6.93. The minimum absolute atomic E-state index is 0.131. The van der Waals surface area contributed by atoms with E-state index in [1.54, 1.807) is 0 Å². The lowest BCUT2D eigenvalue weighted by Crippen LogP contribution is -2.15. The van der Waals surface area contributed by atoms with Crippen molar-refractivity contribution in [1.29, 1.82) is 0 Å². The molecule has 2 rings (SSSR count). The number of anilines is 1. The van der Waals surface area contributed by atoms with E-state index in [1.807, 2.05) is 6.92 Å². The van der Waals surface area contributed by atoms with Crippen molar-refractivity contribution in [2.45, 2.75) is 52.1 Å². The summed E-state index contributed by atoms with van der Waals surface area (Å²) in [5.41, 5.74) is 0.893. The van der Waals surface area contributed by atoms with Crippen molar-refractivity contribution in [3.05, 3.63) is 16.5 Å². The Balaban J connectivity index is 2.06. The molecular formula is C14H22ClN3O. The van der Waals surface area contributed by atoms with Gasteiger partial charge in [-0.3, -0.25) is 0 Å². The fourth-order valence-electron chi connectivity index (χ4n) is 2.41. The van der Waals surface area contributed by atoms with Gasteiger partial charge in [0.25, 0.3) is 0 Å². The molecule has 1 saturated carbocycles. The number of hydrogen-bond acceptors (Lipinski definition) is 4. The molecular weight excluding hydrogens is 262 g/mol. The average molecular weight is 284 g/mol. The van der Waals surface area contributed by atoms with Crippen LogP contribution in [-0.2, 0) is 0 Å². The van der Waals surface area contributed by atoms with Gasteiger partial charge in [0.05, 0.1) is 6.10 Å². The summed E-state index contributed by atoms with van der Waals surface area (Å²) >= 11 is 6.15. The molecule has 0 aliphatic heterocycles. The molecule has 0 radical (unpaired) electrons. The van der Waals surface area contributed by atoms with Gasteiger partial charge in [-0.25, -0.2) is 9.97 Å². The Hall–Kier alpha value is -0.870. The van der Waals surface area contributed by atoms with Crippen LogP contribution in [0.3, 0.4) is 0 Å². The van der Waals surface area contributed by atoms with E-state index in [-0.39, 0.29) is 12.0 Å². The quantitative estimate of drug-likeness (QED) is 0.834. The first-order valence-corrected chi connectivity index (χ1v) is 7.31. The molecule has 1 aliphatic rings. The first-order chi connectivity index (χ1) is 8.97. The first kappa shape index (κ1) is 14.5. The third-order valence-corrected chi connectivity index (χ3v) is 4.06. The highest BCUT2D eigenvalue weighted by atomic mass is 35.5. The van der Waals surface area contributed by atoms with E-state index in [0.29, 0.717) is 11.1 Å². The predicted octanol–water partition coefficient (Wildman–Crippen LogP) is 3.13. The lowest BCUT2D eigenvalue weighted by atomic mass is 10.1. The number of aromatic nitrogens is 2. The summed E-state index contributed by atoms with van der Waals surface area (Å²) in [7, 11) is 0. The Kier molecular flexibility index (Phi) is 4.63. The Morgan fingerprint density at radius 3 is 2.68 bits per heavy atom. The largest absolute Gasteiger partial charge is 0.393 e. The van der Waals surface area contributed by atoms with Crippen molar-refractivity contribution >= 4 is 17.4 Å². The minimum atomic E-state index is -0.131. The number of aliphatic hydroxyl groups is 1. The lowest BCUT2D eigenvalue weighted by molar-refractivity contribution is 0.178. The smallest absolute Gasteiger partial charge is 0.137 e. The Morgan fingerprint density at radius 2 is 2.11 bits per heavy atom. The van der Waals surface area contributed by atoms with Gasteiger partial charge < -0.3 is 10.4 Å². The number of nitrogens with zero attached hydrogens (tertiary/aromatic N) is 2. The highest BCUT2D eigenvalue weighted by molar-refractivity contribution is 6.30. The third kappa shape index (κ3) is 3.57. The summed E-state index contributed by atoms with van der Waals surface area (Å²) in [6.45, 7) is 6.87. The van der Waals surface area contributed by atoms with E-state index in [4.69, 9.17) is 11.6 Å². The van der Waals surface area contributed by atoms with Crippen LogP contribution < -0.4 is 5.32 Å². The summed E-state index contributed by atoms with van der Waals surface area (Å²) in [5.74, 6) is 2.37. The van der Waals surface area contributed by atoms with E-state index < -0.39 is 0 Å². The van der Waals surface area contributed by atoms with E-state index in [1.165, 1.54) is 0 Å². The normalized spacial score (nSPS) is 23.1. The van der Waals surface area contributed by atoms with Gasteiger partial charge in [0.15, 0.2) is 0 Å². The third-order valence-electron chi connectivity index (χ3n) is 3.69. The van der Waals surface area contributed by atoms with Crippen LogP contribution in [0.15, 0.2) is 0 Å². The van der Waals surface area contributed by atoms with Crippen LogP contribution in [0.2, 0.25) is 5.15 Å². The number of halogens is 1. The van der Waals surface area contributed by atoms with Crippen molar-refractivity contribution in [2.24, 2.45) is 5.92 Å². The van der Waals surface area contributed by atoms with Crippen molar-refractivity contribution < 1.29 is 5.11 Å². The molecule has 0 aromatic carbocycles. The zero-order chi connectivity index (χ0) is 14.0. The van der Waals surface area contributed by atoms with E-state index in [0.717, 1.165) is 43.0 Å². The second kappa shape index (κ2) is 6.06. The standard InChI is InChI=1S/C14H22ClN3O/c1-8(2)13-17-12(15)9(3)14(18-13)16-7-10-4-5-11(19)6-10/h8,10-11,19H,4-7H2,1-3H3,(H,16,17,18). The molecule has 5 heteroatoms. The van der Waals surface area contributed by atoms with E-state index in [9.17, 15) is 5.11 Å². The highest BCUT2D eigenvalue weighted by Gasteiger charge is 2.23. The molecule has 1 aromatic rings. The summed E-state index contributed by atoms with van der Waals surface area (Å²) in [6.07, 6.45) is 2.73. The van der Waals surface area contributed by atoms with Gasteiger partial charge in [0.2, 0.25) is 0 Å². The van der Waals surface area contributed by atoms with Crippen LogP contribution in [0, 0.1) is 12.8 Å². The molecule has 1 aromatic heterocycles. The summed E-state index contributed by atoms with van der Waals surface area (Å²) in [6, 6.07) is 0. The van der Waals surface area contributed by atoms with Crippen LogP contribution in [0.25, 0.3) is 0 Å². The van der Waals surface area contributed by atoms with E-state index >= 15 is 0 Å². The molecule has 106 valence electrons. The number of nitrogens with one attached hydrogen (secondary N) is 1. The Morgan fingerprint density at radius 1 is 1.37 bits per heavy atom. The van der Waals surface area contributed by atoms with Gasteiger partial charge in [-0.2, -0.15) is 0 Å². The van der Waals surface area contributed by atoms with Crippen LogP contribution >= 0.6 is 11.6 Å². The molecule has 1 heterocycles. The Labute approximate surface area is 119 Å². The van der Waals surface area contributed by atoms with Gasteiger partial charge >= 0.3 is 0 Å². The maximum Gasteiger partial charge on any atom is 0.137 e. The summed E-state index contributed by atoms with van der Waals surface area (Å²) < 4.78 is 0. The molecule has 1 aliphatic carbocycles. The van der Waals surface area contributed by atoms with Crippen LogP contribution in [-0.4, -0.2) is 27.7 Å². The predicted molar refractivity (Wildman–Crippen MR) is 77.7 cm³/mol. The zero-order valence-electron chi connectivity index (χ0n) is 11.8. The molecule has 0 saturated heterocycles. The number of rotatable bonds is 4. The van der Waals surface area contributed by atoms with Gasteiger partial charge in [0, 0.05) is 18.0 Å². The van der Waals surface area contributed by atoms with Gasteiger partial charge in [-0.15, -0.1) is 0 Å². The molecule has 2 N–H and O–H groups in total. The van der Waals surface area contributed by atoms with Crippen LogP contribution in [0.4, 0.5) is 5.82 Å². The monoisotopic (exact) mass is 283 g/mol. The second-order valence-electron chi connectivity index (χ2n) is 5.71. The molecule has 0 amide bonds. The molecule has 0 bridgehead atoms. The number of aliphatic hydroxyl groups excluding tert-OH is 1. The maximum atomic E-state index is 9.54. The fourth-order valence-corrected chi connectivity index (χ4v) is 2.59. The van der Waals surface area contributed by atoms with Gasteiger partial charge in [-0.05, 0) is 32.1 Å². The van der Waals surface area contributed by atoms with Crippen molar-refractivity contribution in [3.8, 4) is 0 Å². The molecule has 4 nitrogen and oxygen atoms in total. The second-order valence-corrected chi connectivity index (χ2v) is 6.07. The SMILES string of the molecule is Cc1c(Cl)nc(C(C)C)nc1NCC1CCC(O)C1. The Bertz CT molecular complexity index is 451. The highest BCUT2D eigenvalue weighted by Crippen LogP contribution is 2.27. The molecule has 2 atom stereocenters. The van der Waals surface area contributed by atoms with E-state index in [2.05, 4.69) is 29.1 Å². The minimum Gasteiger partial charge on any atom is -0.393 e. The number of hydrogen-bond donors (Lipinski definition) is 2.